The molecule has 0 radical (unpaired) electrons. The summed E-state index contributed by atoms with van der Waals surface area (Å²) in [6.45, 7) is 6.45. The molecule has 28 heavy (non-hydrogen) atoms. The Bertz CT molecular complexity index is 1060. The number of nitrogens with zero attached hydrogens (tertiary/aromatic N) is 1. The first-order chi connectivity index (χ1) is 13.4. The van der Waals surface area contributed by atoms with Gasteiger partial charge in [-0.05, 0) is 69.6 Å². The molecule has 3 N–H and O–H groups in total. The first-order valence-corrected chi connectivity index (χ1v) is 9.76. The Labute approximate surface area is 164 Å². The van der Waals surface area contributed by atoms with Gasteiger partial charge in [0.25, 0.3) is 0 Å². The average Bonchev–Trinajstić information content (AvgIpc) is 2.70. The molecule has 0 spiro atoms. The van der Waals surface area contributed by atoms with Crippen LogP contribution in [-0.4, -0.2) is 23.1 Å². The molecule has 0 saturated carbocycles. The standard InChI is InChI=1S/C23H26N2O3/c1-14-20(26)8-7-19-21(27)15(2)22(28-23(14)19)17-9-11-25(12-10-17)13-16-3-5-18(24)6-4-16/h3-8,17,26H,9-13,24H2,1-2H3. The van der Waals surface area contributed by atoms with Gasteiger partial charge in [0.2, 0.25) is 0 Å². The molecule has 2 aromatic carbocycles. The van der Waals surface area contributed by atoms with Crippen LogP contribution in [0.4, 0.5) is 5.69 Å². The molecular formula is C23H26N2O3. The summed E-state index contributed by atoms with van der Waals surface area (Å²) >= 11 is 0. The third-order valence-electron chi connectivity index (χ3n) is 5.89. The van der Waals surface area contributed by atoms with Gasteiger partial charge in [0.05, 0.1) is 5.39 Å². The molecule has 0 unspecified atom stereocenters. The van der Waals surface area contributed by atoms with E-state index in [0.29, 0.717) is 22.1 Å². The van der Waals surface area contributed by atoms with Gasteiger partial charge in [0.15, 0.2) is 5.43 Å². The van der Waals surface area contributed by atoms with Crippen molar-refractivity contribution < 1.29 is 9.52 Å². The number of aromatic hydroxyl groups is 1. The Morgan fingerprint density at radius 2 is 1.75 bits per heavy atom. The zero-order chi connectivity index (χ0) is 19.8. The van der Waals surface area contributed by atoms with E-state index >= 15 is 0 Å². The number of piperidine rings is 1. The summed E-state index contributed by atoms with van der Waals surface area (Å²) in [6, 6.07) is 11.2. The van der Waals surface area contributed by atoms with Crippen LogP contribution in [0.5, 0.6) is 5.75 Å². The minimum absolute atomic E-state index is 0.00338. The van der Waals surface area contributed by atoms with Crippen molar-refractivity contribution in [3.8, 4) is 5.75 Å². The number of benzene rings is 2. The van der Waals surface area contributed by atoms with E-state index in [1.54, 1.807) is 19.1 Å². The molecule has 1 fully saturated rings. The first-order valence-electron chi connectivity index (χ1n) is 9.76. The molecule has 3 aromatic rings. The molecule has 5 nitrogen and oxygen atoms in total. The van der Waals surface area contributed by atoms with Gasteiger partial charge in [-0.25, -0.2) is 0 Å². The van der Waals surface area contributed by atoms with E-state index in [0.717, 1.165) is 43.9 Å². The van der Waals surface area contributed by atoms with Gasteiger partial charge in [-0.1, -0.05) is 12.1 Å². The summed E-state index contributed by atoms with van der Waals surface area (Å²) in [7, 11) is 0. The molecule has 146 valence electrons. The number of likely N-dealkylation sites (tertiary alicyclic amines) is 1. The second kappa shape index (κ2) is 7.32. The molecule has 0 atom stereocenters. The Morgan fingerprint density at radius 3 is 2.43 bits per heavy atom. The van der Waals surface area contributed by atoms with Crippen molar-refractivity contribution in [1.82, 2.24) is 4.90 Å². The van der Waals surface area contributed by atoms with Crippen molar-refractivity contribution in [2.75, 3.05) is 18.8 Å². The Balaban J connectivity index is 1.55. The molecule has 1 aromatic heterocycles. The zero-order valence-corrected chi connectivity index (χ0v) is 16.4. The highest BCUT2D eigenvalue weighted by molar-refractivity contribution is 5.82. The highest BCUT2D eigenvalue weighted by Gasteiger charge is 2.26. The van der Waals surface area contributed by atoms with E-state index in [1.807, 2.05) is 19.1 Å². The normalized spacial score (nSPS) is 15.9. The van der Waals surface area contributed by atoms with Crippen molar-refractivity contribution in [2.45, 2.75) is 39.2 Å². The van der Waals surface area contributed by atoms with Crippen molar-refractivity contribution in [2.24, 2.45) is 0 Å². The predicted molar refractivity (Wildman–Crippen MR) is 112 cm³/mol. The topological polar surface area (TPSA) is 79.7 Å². The van der Waals surface area contributed by atoms with Crippen molar-refractivity contribution >= 4 is 16.7 Å². The Kier molecular flexibility index (Phi) is 4.85. The zero-order valence-electron chi connectivity index (χ0n) is 16.4. The molecule has 4 rings (SSSR count). The predicted octanol–water partition coefficient (Wildman–Crippen LogP) is 4.08. The smallest absolute Gasteiger partial charge is 0.195 e. The fourth-order valence-electron chi connectivity index (χ4n) is 4.12. The maximum Gasteiger partial charge on any atom is 0.195 e. The number of phenols is 1. The van der Waals surface area contributed by atoms with Gasteiger partial charge < -0.3 is 15.3 Å². The number of rotatable bonds is 3. The fraction of sp³-hybridized carbons (Fsp3) is 0.348. The maximum atomic E-state index is 12.8. The monoisotopic (exact) mass is 378 g/mol. The third-order valence-corrected chi connectivity index (χ3v) is 5.89. The summed E-state index contributed by atoms with van der Waals surface area (Å²) < 4.78 is 6.20. The molecular weight excluding hydrogens is 352 g/mol. The van der Waals surface area contributed by atoms with E-state index in [-0.39, 0.29) is 17.1 Å². The van der Waals surface area contributed by atoms with Gasteiger partial charge >= 0.3 is 0 Å². The number of phenolic OH excluding ortho intramolecular Hbond substituents is 1. The average molecular weight is 378 g/mol. The SMILES string of the molecule is Cc1c(C2CCN(Cc3ccc(N)cc3)CC2)oc2c(C)c(O)ccc2c1=O. The lowest BCUT2D eigenvalue weighted by atomic mass is 9.91. The van der Waals surface area contributed by atoms with Crippen LogP contribution in [0.2, 0.25) is 0 Å². The van der Waals surface area contributed by atoms with Crippen LogP contribution < -0.4 is 11.2 Å². The van der Waals surface area contributed by atoms with Crippen LogP contribution in [0.25, 0.3) is 11.0 Å². The van der Waals surface area contributed by atoms with Crippen LogP contribution in [0.15, 0.2) is 45.6 Å². The van der Waals surface area contributed by atoms with Crippen LogP contribution >= 0.6 is 0 Å². The molecule has 5 heteroatoms. The van der Waals surface area contributed by atoms with Gasteiger partial charge in [-0.3, -0.25) is 9.69 Å². The van der Waals surface area contributed by atoms with E-state index in [9.17, 15) is 9.90 Å². The van der Waals surface area contributed by atoms with Gasteiger partial charge in [0, 0.05) is 29.3 Å². The number of hydrogen-bond donors (Lipinski definition) is 2. The minimum atomic E-state index is 0.00338. The van der Waals surface area contributed by atoms with E-state index < -0.39 is 0 Å². The summed E-state index contributed by atoms with van der Waals surface area (Å²) in [4.78, 5) is 15.3. The summed E-state index contributed by atoms with van der Waals surface area (Å²) in [5, 5.41) is 10.5. The van der Waals surface area contributed by atoms with Crippen molar-refractivity contribution in [3.63, 3.8) is 0 Å². The summed E-state index contributed by atoms with van der Waals surface area (Å²) in [6.07, 6.45) is 1.89. The molecule has 0 amide bonds. The fourth-order valence-corrected chi connectivity index (χ4v) is 4.12. The number of hydrogen-bond acceptors (Lipinski definition) is 5. The second-order valence-corrected chi connectivity index (χ2v) is 7.80. The number of fused-ring (bicyclic) bond motifs is 1. The van der Waals surface area contributed by atoms with Crippen LogP contribution in [0.1, 0.15) is 41.2 Å². The van der Waals surface area contributed by atoms with Crippen LogP contribution in [0, 0.1) is 13.8 Å². The number of aryl methyl sites for hydroxylation is 1. The number of nitrogens with two attached hydrogens (primary N) is 1. The Hall–Kier alpha value is -2.79. The quantitative estimate of drug-likeness (QED) is 0.672. The van der Waals surface area contributed by atoms with Gasteiger partial charge in [0.1, 0.15) is 17.1 Å². The summed E-state index contributed by atoms with van der Waals surface area (Å²) in [5.41, 5.74) is 9.63. The highest BCUT2D eigenvalue weighted by Crippen LogP contribution is 2.33. The lowest BCUT2D eigenvalue weighted by molar-refractivity contribution is 0.195. The van der Waals surface area contributed by atoms with E-state index in [2.05, 4.69) is 17.0 Å². The second-order valence-electron chi connectivity index (χ2n) is 7.80. The molecule has 0 aliphatic carbocycles. The first kappa shape index (κ1) is 18.6. The lowest BCUT2D eigenvalue weighted by Gasteiger charge is -2.32. The molecule has 1 saturated heterocycles. The highest BCUT2D eigenvalue weighted by atomic mass is 16.3. The largest absolute Gasteiger partial charge is 0.508 e. The van der Waals surface area contributed by atoms with Crippen molar-refractivity contribution in [3.05, 3.63) is 69.1 Å². The Morgan fingerprint density at radius 1 is 1.07 bits per heavy atom. The molecule has 1 aliphatic rings. The third kappa shape index (κ3) is 3.38. The summed E-state index contributed by atoms with van der Waals surface area (Å²) in [5.74, 6) is 1.16. The van der Waals surface area contributed by atoms with Crippen LogP contribution in [-0.2, 0) is 6.54 Å². The maximum absolute atomic E-state index is 12.8. The van der Waals surface area contributed by atoms with E-state index in [1.165, 1.54) is 5.56 Å². The minimum Gasteiger partial charge on any atom is -0.508 e. The van der Waals surface area contributed by atoms with E-state index in [4.69, 9.17) is 10.2 Å². The number of anilines is 1. The van der Waals surface area contributed by atoms with Crippen LogP contribution in [0.3, 0.4) is 0 Å². The molecule has 2 heterocycles. The number of nitrogen functional groups attached to an aromatic ring is 1. The van der Waals surface area contributed by atoms with Gasteiger partial charge in [-0.15, -0.1) is 0 Å². The molecule has 0 bridgehead atoms. The van der Waals surface area contributed by atoms with Gasteiger partial charge in [-0.2, -0.15) is 0 Å². The van der Waals surface area contributed by atoms with Crippen molar-refractivity contribution in [1.29, 1.82) is 0 Å². The molecule has 1 aliphatic heterocycles. The lowest BCUT2D eigenvalue weighted by Crippen LogP contribution is -2.33.